The van der Waals surface area contributed by atoms with Gasteiger partial charge in [0.1, 0.15) is 5.82 Å². The highest BCUT2D eigenvalue weighted by Crippen LogP contribution is 2.20. The van der Waals surface area contributed by atoms with Gasteiger partial charge in [-0.3, -0.25) is 0 Å². The molecule has 0 saturated heterocycles. The van der Waals surface area contributed by atoms with E-state index in [2.05, 4.69) is 4.98 Å². The van der Waals surface area contributed by atoms with Crippen LogP contribution in [0.1, 0.15) is 18.3 Å². The van der Waals surface area contributed by atoms with Gasteiger partial charge in [0.25, 0.3) is 0 Å². The summed E-state index contributed by atoms with van der Waals surface area (Å²) in [6, 6.07) is -0.103. The number of fused-ring (bicyclic) bond motifs is 1. The van der Waals surface area contributed by atoms with E-state index < -0.39 is 0 Å². The quantitative estimate of drug-likeness (QED) is 0.535. The molecule has 0 aliphatic carbocycles. The molecule has 60 valence electrons. The van der Waals surface area contributed by atoms with Crippen molar-refractivity contribution in [2.45, 2.75) is 25.1 Å². The molecular weight excluding hydrogens is 142 g/mol. The van der Waals surface area contributed by atoms with E-state index in [0.29, 0.717) is 13.0 Å². The van der Waals surface area contributed by atoms with Crippen LogP contribution < -0.4 is 5.73 Å². The Morgan fingerprint density at radius 1 is 1.73 bits per heavy atom. The summed E-state index contributed by atoms with van der Waals surface area (Å²) < 4.78 is 1.90. The first-order chi connectivity index (χ1) is 5.27. The summed E-state index contributed by atoms with van der Waals surface area (Å²) in [5, 5.41) is 9.32. The molecule has 3 N–H and O–H groups in total. The van der Waals surface area contributed by atoms with Crippen LogP contribution in [0.2, 0.25) is 0 Å². The molecule has 0 unspecified atom stereocenters. The van der Waals surface area contributed by atoms with Gasteiger partial charge in [-0.25, -0.2) is 4.98 Å². The average molecular weight is 153 g/mol. The summed E-state index contributed by atoms with van der Waals surface area (Å²) in [4.78, 5) is 4.10. The fourth-order valence-corrected chi connectivity index (χ4v) is 1.50. The van der Waals surface area contributed by atoms with Crippen LogP contribution in [0, 0.1) is 0 Å². The predicted octanol–water partition coefficient (Wildman–Crippen LogP) is -0.353. The standard InChI is InChI=1S/C7H11N3O/c8-6-3-5(11)4-10-2-1-9-7(6)10/h1-2,5-6,11H,3-4,8H2/t5-,6+/m1/s1. The van der Waals surface area contributed by atoms with E-state index >= 15 is 0 Å². The SMILES string of the molecule is N[C@H]1C[C@@H](O)Cn2ccnc21. The molecule has 0 fully saturated rings. The van der Waals surface area contributed by atoms with Crippen LogP contribution in [0.4, 0.5) is 0 Å². The minimum absolute atomic E-state index is 0.103. The summed E-state index contributed by atoms with van der Waals surface area (Å²) in [5.74, 6) is 0.885. The van der Waals surface area contributed by atoms with E-state index in [1.54, 1.807) is 6.20 Å². The average Bonchev–Trinajstić information content (AvgIpc) is 2.34. The van der Waals surface area contributed by atoms with E-state index in [-0.39, 0.29) is 12.1 Å². The van der Waals surface area contributed by atoms with Crippen molar-refractivity contribution >= 4 is 0 Å². The maximum absolute atomic E-state index is 9.32. The molecule has 1 aliphatic heterocycles. The molecule has 0 amide bonds. The second-order valence-electron chi connectivity index (χ2n) is 2.93. The van der Waals surface area contributed by atoms with Crippen molar-refractivity contribution in [1.82, 2.24) is 9.55 Å². The Balaban J connectivity index is 2.36. The number of aromatic nitrogens is 2. The first-order valence-corrected chi connectivity index (χ1v) is 3.72. The molecular formula is C7H11N3O. The summed E-state index contributed by atoms with van der Waals surface area (Å²) in [6.45, 7) is 0.628. The van der Waals surface area contributed by atoms with Gasteiger partial charge in [-0.2, -0.15) is 0 Å². The van der Waals surface area contributed by atoms with Crippen LogP contribution in [-0.4, -0.2) is 20.8 Å². The number of aliphatic hydroxyl groups excluding tert-OH is 1. The number of imidazole rings is 1. The highest BCUT2D eigenvalue weighted by Gasteiger charge is 2.23. The van der Waals surface area contributed by atoms with Gasteiger partial charge in [-0.05, 0) is 6.42 Å². The summed E-state index contributed by atoms with van der Waals surface area (Å²) >= 11 is 0. The molecule has 1 aliphatic rings. The van der Waals surface area contributed by atoms with Gasteiger partial charge >= 0.3 is 0 Å². The molecule has 1 aromatic rings. The van der Waals surface area contributed by atoms with Gasteiger partial charge in [0.05, 0.1) is 12.1 Å². The molecule has 0 saturated carbocycles. The number of hydrogen-bond donors (Lipinski definition) is 2. The van der Waals surface area contributed by atoms with Gasteiger partial charge in [0.15, 0.2) is 0 Å². The Bertz CT molecular complexity index is 258. The molecule has 2 heterocycles. The zero-order chi connectivity index (χ0) is 7.84. The van der Waals surface area contributed by atoms with Crippen LogP contribution in [0.15, 0.2) is 12.4 Å². The number of aliphatic hydroxyl groups is 1. The van der Waals surface area contributed by atoms with Gasteiger partial charge in [-0.1, -0.05) is 0 Å². The third kappa shape index (κ3) is 1.04. The van der Waals surface area contributed by atoms with E-state index in [1.165, 1.54) is 0 Å². The second kappa shape index (κ2) is 2.32. The molecule has 11 heavy (non-hydrogen) atoms. The maximum Gasteiger partial charge on any atom is 0.125 e. The fraction of sp³-hybridized carbons (Fsp3) is 0.571. The van der Waals surface area contributed by atoms with Crippen molar-refractivity contribution in [2.75, 3.05) is 0 Å². The van der Waals surface area contributed by atoms with Crippen molar-refractivity contribution in [1.29, 1.82) is 0 Å². The molecule has 0 bridgehead atoms. The Labute approximate surface area is 64.7 Å². The third-order valence-electron chi connectivity index (χ3n) is 2.01. The smallest absolute Gasteiger partial charge is 0.125 e. The Morgan fingerprint density at radius 2 is 2.55 bits per heavy atom. The Hall–Kier alpha value is -0.870. The zero-order valence-corrected chi connectivity index (χ0v) is 6.14. The predicted molar refractivity (Wildman–Crippen MR) is 39.8 cm³/mol. The lowest BCUT2D eigenvalue weighted by atomic mass is 10.1. The van der Waals surface area contributed by atoms with Gasteiger partial charge < -0.3 is 15.4 Å². The van der Waals surface area contributed by atoms with E-state index in [1.807, 2.05) is 10.8 Å². The zero-order valence-electron chi connectivity index (χ0n) is 6.14. The van der Waals surface area contributed by atoms with Crippen molar-refractivity contribution in [3.63, 3.8) is 0 Å². The number of nitrogens with zero attached hydrogens (tertiary/aromatic N) is 2. The van der Waals surface area contributed by atoms with Gasteiger partial charge in [-0.15, -0.1) is 0 Å². The molecule has 1 aromatic heterocycles. The van der Waals surface area contributed by atoms with Crippen molar-refractivity contribution in [2.24, 2.45) is 5.73 Å². The Kier molecular flexibility index (Phi) is 1.44. The van der Waals surface area contributed by atoms with Gasteiger partial charge in [0, 0.05) is 18.9 Å². The monoisotopic (exact) mass is 153 g/mol. The van der Waals surface area contributed by atoms with Crippen molar-refractivity contribution < 1.29 is 5.11 Å². The van der Waals surface area contributed by atoms with E-state index in [0.717, 1.165) is 5.82 Å². The van der Waals surface area contributed by atoms with Crippen LogP contribution in [0.3, 0.4) is 0 Å². The lowest BCUT2D eigenvalue weighted by molar-refractivity contribution is 0.118. The third-order valence-corrected chi connectivity index (χ3v) is 2.01. The number of hydrogen-bond acceptors (Lipinski definition) is 3. The Morgan fingerprint density at radius 3 is 3.36 bits per heavy atom. The normalized spacial score (nSPS) is 30.0. The van der Waals surface area contributed by atoms with Crippen LogP contribution in [-0.2, 0) is 6.54 Å². The number of rotatable bonds is 0. The minimum Gasteiger partial charge on any atom is -0.391 e. The maximum atomic E-state index is 9.32. The summed E-state index contributed by atoms with van der Waals surface area (Å²) in [7, 11) is 0. The molecule has 2 rings (SSSR count). The molecule has 0 aromatic carbocycles. The largest absolute Gasteiger partial charge is 0.391 e. The summed E-state index contributed by atoms with van der Waals surface area (Å²) in [5.41, 5.74) is 5.74. The summed E-state index contributed by atoms with van der Waals surface area (Å²) in [6.07, 6.45) is 3.87. The minimum atomic E-state index is -0.313. The fourth-order valence-electron chi connectivity index (χ4n) is 1.50. The van der Waals surface area contributed by atoms with Gasteiger partial charge in [0.2, 0.25) is 0 Å². The lowest BCUT2D eigenvalue weighted by Crippen LogP contribution is -2.31. The first kappa shape index (κ1) is 6.82. The molecule has 4 heteroatoms. The number of nitrogens with two attached hydrogens (primary N) is 1. The van der Waals surface area contributed by atoms with Crippen LogP contribution in [0.5, 0.6) is 0 Å². The highest BCUT2D eigenvalue weighted by atomic mass is 16.3. The molecule has 0 radical (unpaired) electrons. The van der Waals surface area contributed by atoms with Crippen LogP contribution >= 0.6 is 0 Å². The first-order valence-electron chi connectivity index (χ1n) is 3.72. The molecule has 4 nitrogen and oxygen atoms in total. The van der Waals surface area contributed by atoms with Crippen LogP contribution in [0.25, 0.3) is 0 Å². The molecule has 0 spiro atoms. The van der Waals surface area contributed by atoms with Crippen molar-refractivity contribution in [3.05, 3.63) is 18.2 Å². The highest BCUT2D eigenvalue weighted by molar-refractivity contribution is 5.02. The second-order valence-corrected chi connectivity index (χ2v) is 2.93. The lowest BCUT2D eigenvalue weighted by Gasteiger charge is -2.24. The topological polar surface area (TPSA) is 64.1 Å². The van der Waals surface area contributed by atoms with E-state index in [4.69, 9.17) is 5.73 Å². The van der Waals surface area contributed by atoms with E-state index in [9.17, 15) is 5.11 Å². The van der Waals surface area contributed by atoms with Crippen molar-refractivity contribution in [3.8, 4) is 0 Å². The molecule has 2 atom stereocenters.